The van der Waals surface area contributed by atoms with Crippen molar-refractivity contribution in [2.45, 2.75) is 13.0 Å². The number of anilines is 1. The molecule has 0 saturated carbocycles. The van der Waals surface area contributed by atoms with E-state index in [-0.39, 0.29) is 12.5 Å². The van der Waals surface area contributed by atoms with E-state index in [4.69, 9.17) is 11.1 Å². The molecule has 0 radical (unpaired) electrons. The smallest absolute Gasteiger partial charge is 0.269 e. The number of carbonyl (C=O) groups is 1. The number of pyridine rings is 1. The number of nitrogen functional groups attached to an aromatic ring is 1. The minimum absolute atomic E-state index is 0.241. The van der Waals surface area contributed by atoms with E-state index in [2.05, 4.69) is 30.7 Å². The molecule has 1 amide bonds. The number of amides is 1. The molecular formula is C17H17N9OS. The van der Waals surface area contributed by atoms with Crippen molar-refractivity contribution in [2.24, 2.45) is 7.05 Å². The summed E-state index contributed by atoms with van der Waals surface area (Å²) in [6, 6.07) is 5.26. The fourth-order valence-electron chi connectivity index (χ4n) is 2.95. The van der Waals surface area contributed by atoms with Crippen molar-refractivity contribution in [3.05, 3.63) is 52.0 Å². The normalized spacial score (nSPS) is 11.0. The lowest BCUT2D eigenvalue weighted by Crippen LogP contribution is -2.26. The molecule has 0 aliphatic carbocycles. The molecule has 0 fully saturated rings. The summed E-state index contributed by atoms with van der Waals surface area (Å²) in [6.07, 6.45) is 3.37. The van der Waals surface area contributed by atoms with Gasteiger partial charge in [0.15, 0.2) is 5.65 Å². The van der Waals surface area contributed by atoms with E-state index in [9.17, 15) is 4.79 Å². The van der Waals surface area contributed by atoms with Gasteiger partial charge in [-0.25, -0.2) is 9.97 Å². The van der Waals surface area contributed by atoms with Gasteiger partial charge in [-0.05, 0) is 12.1 Å². The minimum atomic E-state index is -0.298. The predicted molar refractivity (Wildman–Crippen MR) is 105 cm³/mol. The zero-order valence-corrected chi connectivity index (χ0v) is 15.7. The van der Waals surface area contributed by atoms with Gasteiger partial charge in [0.1, 0.15) is 16.5 Å². The monoisotopic (exact) mass is 395 g/mol. The van der Waals surface area contributed by atoms with Gasteiger partial charge in [-0.15, -0.1) is 11.3 Å². The summed E-state index contributed by atoms with van der Waals surface area (Å²) in [5, 5.41) is 21.9. The molecular weight excluding hydrogens is 378 g/mol. The van der Waals surface area contributed by atoms with Crippen molar-refractivity contribution in [2.75, 3.05) is 5.73 Å². The summed E-state index contributed by atoms with van der Waals surface area (Å²) in [6.45, 7) is 0.241. The lowest BCUT2D eigenvalue weighted by Gasteiger charge is -2.08. The number of aromatic amines is 1. The predicted octanol–water partition coefficient (Wildman–Crippen LogP) is 1.25. The third-order valence-corrected chi connectivity index (χ3v) is 5.30. The van der Waals surface area contributed by atoms with Crippen molar-refractivity contribution in [3.8, 4) is 0 Å². The van der Waals surface area contributed by atoms with Gasteiger partial charge in [0.05, 0.1) is 28.8 Å². The van der Waals surface area contributed by atoms with Crippen LogP contribution in [0.25, 0.3) is 10.3 Å². The molecule has 4 aromatic rings. The second-order valence-electron chi connectivity index (χ2n) is 6.10. The Balaban J connectivity index is 1.61. The highest BCUT2D eigenvalue weighted by Gasteiger charge is 2.23. The zero-order valence-electron chi connectivity index (χ0n) is 14.9. The highest BCUT2D eigenvalue weighted by molar-refractivity contribution is 7.19. The molecule has 11 heteroatoms. The Kier molecular flexibility index (Phi) is 4.57. The van der Waals surface area contributed by atoms with E-state index >= 15 is 0 Å². The van der Waals surface area contributed by atoms with Crippen LogP contribution in [0.4, 0.5) is 5.82 Å². The summed E-state index contributed by atoms with van der Waals surface area (Å²) < 4.78 is 2.50. The van der Waals surface area contributed by atoms with Crippen molar-refractivity contribution in [1.29, 1.82) is 5.41 Å². The van der Waals surface area contributed by atoms with Crippen LogP contribution in [0.2, 0.25) is 0 Å². The van der Waals surface area contributed by atoms with Gasteiger partial charge in [-0.2, -0.15) is 15.4 Å². The molecule has 4 rings (SSSR count). The van der Waals surface area contributed by atoms with Gasteiger partial charge in [0.25, 0.3) is 5.91 Å². The van der Waals surface area contributed by atoms with Gasteiger partial charge in [-0.1, -0.05) is 6.07 Å². The first-order chi connectivity index (χ1) is 13.6. The average molecular weight is 395 g/mol. The molecule has 0 atom stereocenters. The summed E-state index contributed by atoms with van der Waals surface area (Å²) >= 11 is 1.44. The van der Waals surface area contributed by atoms with Gasteiger partial charge in [0.2, 0.25) is 0 Å². The first-order valence-corrected chi connectivity index (χ1v) is 9.21. The highest BCUT2D eigenvalue weighted by Crippen LogP contribution is 2.30. The molecule has 0 spiro atoms. The number of aryl methyl sites for hydroxylation is 1. The maximum Gasteiger partial charge on any atom is 0.269 e. The topological polar surface area (TPSA) is 151 Å². The van der Waals surface area contributed by atoms with Crippen LogP contribution in [0.15, 0.2) is 24.4 Å². The van der Waals surface area contributed by atoms with Crippen LogP contribution in [0.1, 0.15) is 32.4 Å². The summed E-state index contributed by atoms with van der Waals surface area (Å²) in [5.74, 6) is 0.101. The maximum atomic E-state index is 12.8. The van der Waals surface area contributed by atoms with Gasteiger partial charge >= 0.3 is 0 Å². The van der Waals surface area contributed by atoms with Crippen molar-refractivity contribution in [1.82, 2.24) is 35.3 Å². The number of nitrogens with one attached hydrogen (secondary N) is 3. The molecule has 0 saturated heterocycles. The molecule has 0 aliphatic rings. The molecule has 4 heterocycles. The number of fused-ring (bicyclic) bond motifs is 1. The van der Waals surface area contributed by atoms with Crippen LogP contribution in [0.5, 0.6) is 0 Å². The summed E-state index contributed by atoms with van der Waals surface area (Å²) in [5.41, 5.74) is 8.70. The molecule has 0 aliphatic heterocycles. The van der Waals surface area contributed by atoms with E-state index in [0.29, 0.717) is 34.8 Å². The number of carbonyl (C=O) groups excluding carboxylic acids is 1. The number of thiazole rings is 1. The molecule has 0 aromatic carbocycles. The largest absolute Gasteiger partial charge is 0.384 e. The first-order valence-electron chi connectivity index (χ1n) is 8.39. The van der Waals surface area contributed by atoms with E-state index < -0.39 is 0 Å². The fourth-order valence-corrected chi connectivity index (χ4v) is 4.08. The van der Waals surface area contributed by atoms with Crippen LogP contribution in [-0.4, -0.2) is 42.1 Å². The standard InChI is InChI=1S/C17H17N9OS/c1-26-14(17(27)20-7-9-3-2-4-12(19)22-9)11(6-18)15-16(26)23-13(28-15)5-10-8-21-25-24-10/h2-4,6,8,18H,5,7H2,1H3,(H2,19,22)(H,20,27)(H,21,24,25). The number of nitrogens with two attached hydrogens (primary N) is 1. The summed E-state index contributed by atoms with van der Waals surface area (Å²) in [7, 11) is 1.77. The van der Waals surface area contributed by atoms with Crippen LogP contribution in [0.3, 0.4) is 0 Å². The quantitative estimate of drug-likeness (QED) is 0.361. The van der Waals surface area contributed by atoms with Gasteiger partial charge in [-0.3, -0.25) is 4.79 Å². The lowest BCUT2D eigenvalue weighted by atomic mass is 10.2. The number of aromatic nitrogens is 6. The maximum absolute atomic E-state index is 12.8. The SMILES string of the molecule is Cn1c(C(=O)NCc2cccc(N)n2)c(C=N)c2sc(Cc3cn[nH]n3)nc21. The number of hydrogen-bond acceptors (Lipinski definition) is 8. The fraction of sp³-hybridized carbons (Fsp3) is 0.176. The van der Waals surface area contributed by atoms with Crippen LogP contribution in [0, 0.1) is 5.41 Å². The number of nitrogens with zero attached hydrogens (tertiary/aromatic N) is 5. The summed E-state index contributed by atoms with van der Waals surface area (Å²) in [4.78, 5) is 21.6. The number of rotatable bonds is 6. The van der Waals surface area contributed by atoms with E-state index in [1.54, 1.807) is 36.0 Å². The van der Waals surface area contributed by atoms with Gasteiger partial charge < -0.3 is 21.0 Å². The lowest BCUT2D eigenvalue weighted by molar-refractivity contribution is 0.0942. The number of H-pyrrole nitrogens is 1. The Morgan fingerprint density at radius 1 is 1.39 bits per heavy atom. The Morgan fingerprint density at radius 2 is 2.25 bits per heavy atom. The van der Waals surface area contributed by atoms with Gasteiger partial charge in [0, 0.05) is 25.2 Å². The van der Waals surface area contributed by atoms with E-state index in [1.165, 1.54) is 17.6 Å². The molecule has 0 unspecified atom stereocenters. The molecule has 5 N–H and O–H groups in total. The first kappa shape index (κ1) is 17.8. The van der Waals surface area contributed by atoms with Crippen molar-refractivity contribution in [3.63, 3.8) is 0 Å². The third kappa shape index (κ3) is 3.22. The van der Waals surface area contributed by atoms with E-state index in [0.717, 1.165) is 15.4 Å². The molecule has 0 bridgehead atoms. The Hall–Kier alpha value is -3.60. The van der Waals surface area contributed by atoms with Crippen molar-refractivity contribution < 1.29 is 4.79 Å². The Bertz CT molecular complexity index is 1160. The Labute approximate surface area is 163 Å². The minimum Gasteiger partial charge on any atom is -0.384 e. The number of hydrogen-bond donors (Lipinski definition) is 4. The van der Waals surface area contributed by atoms with Crippen LogP contribution < -0.4 is 11.1 Å². The Morgan fingerprint density at radius 3 is 2.96 bits per heavy atom. The van der Waals surface area contributed by atoms with Crippen molar-refractivity contribution >= 4 is 39.6 Å². The second kappa shape index (κ2) is 7.19. The highest BCUT2D eigenvalue weighted by atomic mass is 32.1. The van der Waals surface area contributed by atoms with Crippen LogP contribution in [-0.2, 0) is 20.0 Å². The third-order valence-electron chi connectivity index (χ3n) is 4.22. The molecule has 142 valence electrons. The molecule has 10 nitrogen and oxygen atoms in total. The van der Waals surface area contributed by atoms with E-state index in [1.807, 2.05) is 0 Å². The molecule has 4 aromatic heterocycles. The van der Waals surface area contributed by atoms with Crippen LogP contribution >= 0.6 is 11.3 Å². The second-order valence-corrected chi connectivity index (χ2v) is 7.18. The average Bonchev–Trinajstić information content (AvgIpc) is 3.38. The zero-order chi connectivity index (χ0) is 19.7. The molecule has 28 heavy (non-hydrogen) atoms.